The Kier molecular flexibility index (Phi) is 4.39. The van der Waals surface area contributed by atoms with Crippen molar-refractivity contribution in [2.75, 3.05) is 25.1 Å². The third-order valence-corrected chi connectivity index (χ3v) is 3.53. The third-order valence-electron chi connectivity index (χ3n) is 2.30. The lowest BCUT2D eigenvalue weighted by atomic mass is 10.3. The molecule has 0 saturated carbocycles. The molecule has 1 aliphatic heterocycles. The van der Waals surface area contributed by atoms with Gasteiger partial charge in [-0.25, -0.2) is 0 Å². The highest BCUT2D eigenvalue weighted by atomic mass is 79.9. The molecule has 1 heterocycles. The van der Waals surface area contributed by atoms with Crippen LogP contribution >= 0.6 is 27.5 Å². The third kappa shape index (κ3) is 3.42. The second kappa shape index (κ2) is 5.82. The summed E-state index contributed by atoms with van der Waals surface area (Å²) in [4.78, 5) is 11.8. The van der Waals surface area contributed by atoms with Gasteiger partial charge < -0.3 is 14.8 Å². The fourth-order valence-corrected chi connectivity index (χ4v) is 1.86. The van der Waals surface area contributed by atoms with Crippen LogP contribution in [0.1, 0.15) is 0 Å². The van der Waals surface area contributed by atoms with Gasteiger partial charge in [0.1, 0.15) is 0 Å². The number of carbonyl (C=O) groups excluding carboxylic acids is 1. The normalized spacial score (nSPS) is 20.0. The topological polar surface area (TPSA) is 47.6 Å². The highest BCUT2D eigenvalue weighted by molar-refractivity contribution is 9.10. The van der Waals surface area contributed by atoms with E-state index in [1.807, 2.05) is 0 Å². The molecule has 4 nitrogen and oxygen atoms in total. The maximum Gasteiger partial charge on any atom is 0.255 e. The average molecular weight is 321 g/mol. The molecule has 1 amide bonds. The first-order valence-electron chi connectivity index (χ1n) is 5.12. The Morgan fingerprint density at radius 3 is 2.94 bits per heavy atom. The number of hydrogen-bond acceptors (Lipinski definition) is 3. The van der Waals surface area contributed by atoms with Crippen LogP contribution in [0.15, 0.2) is 22.7 Å². The molecule has 1 aliphatic rings. The SMILES string of the molecule is O=C(Nc1ccc(Br)c(Cl)c1)C1COCCO1. The van der Waals surface area contributed by atoms with E-state index in [1.54, 1.807) is 18.2 Å². The van der Waals surface area contributed by atoms with Crippen molar-refractivity contribution in [1.29, 1.82) is 0 Å². The summed E-state index contributed by atoms with van der Waals surface area (Å²) in [6.07, 6.45) is -0.550. The van der Waals surface area contributed by atoms with Crippen LogP contribution < -0.4 is 5.32 Å². The Morgan fingerprint density at radius 2 is 2.29 bits per heavy atom. The molecule has 1 N–H and O–H groups in total. The number of nitrogens with one attached hydrogen (secondary N) is 1. The van der Waals surface area contributed by atoms with Crippen LogP contribution in [-0.4, -0.2) is 31.8 Å². The molecule has 17 heavy (non-hydrogen) atoms. The van der Waals surface area contributed by atoms with Crippen LogP contribution in [0.4, 0.5) is 5.69 Å². The lowest BCUT2D eigenvalue weighted by Crippen LogP contribution is -2.39. The first-order valence-corrected chi connectivity index (χ1v) is 6.29. The van der Waals surface area contributed by atoms with Crippen molar-refractivity contribution in [2.45, 2.75) is 6.10 Å². The Labute approximate surface area is 112 Å². The van der Waals surface area contributed by atoms with Gasteiger partial charge in [-0.1, -0.05) is 11.6 Å². The van der Waals surface area contributed by atoms with Crippen LogP contribution in [-0.2, 0) is 14.3 Å². The Morgan fingerprint density at radius 1 is 1.47 bits per heavy atom. The summed E-state index contributed by atoms with van der Waals surface area (Å²) in [5.41, 5.74) is 0.636. The van der Waals surface area contributed by atoms with Gasteiger partial charge in [-0.05, 0) is 34.1 Å². The fourth-order valence-electron chi connectivity index (χ4n) is 1.44. The average Bonchev–Trinajstić information content (AvgIpc) is 2.35. The van der Waals surface area contributed by atoms with Crippen molar-refractivity contribution in [3.05, 3.63) is 27.7 Å². The lowest BCUT2D eigenvalue weighted by Gasteiger charge is -2.22. The van der Waals surface area contributed by atoms with Gasteiger partial charge in [0.05, 0.1) is 24.8 Å². The summed E-state index contributed by atoms with van der Waals surface area (Å²) in [7, 11) is 0. The van der Waals surface area contributed by atoms with Crippen LogP contribution in [0.25, 0.3) is 0 Å². The standard InChI is InChI=1S/C11H11BrClNO3/c12-8-2-1-7(5-9(8)13)14-11(15)10-6-16-3-4-17-10/h1-2,5,10H,3-4,6H2,(H,14,15). The number of rotatable bonds is 2. The quantitative estimate of drug-likeness (QED) is 0.910. The van der Waals surface area contributed by atoms with E-state index in [2.05, 4.69) is 21.2 Å². The molecule has 2 rings (SSSR count). The predicted molar refractivity (Wildman–Crippen MR) is 68.3 cm³/mol. The molecule has 1 saturated heterocycles. The van der Waals surface area contributed by atoms with Gasteiger partial charge in [0, 0.05) is 10.2 Å². The minimum atomic E-state index is -0.550. The highest BCUT2D eigenvalue weighted by Gasteiger charge is 2.22. The van der Waals surface area contributed by atoms with E-state index in [9.17, 15) is 4.79 Å². The molecule has 1 aromatic rings. The van der Waals surface area contributed by atoms with E-state index in [0.29, 0.717) is 23.9 Å². The molecule has 0 radical (unpaired) electrons. The number of anilines is 1. The maximum atomic E-state index is 11.8. The minimum Gasteiger partial charge on any atom is -0.376 e. The van der Waals surface area contributed by atoms with E-state index in [1.165, 1.54) is 0 Å². The predicted octanol–water partition coefficient (Wildman–Crippen LogP) is 2.46. The second-order valence-electron chi connectivity index (χ2n) is 3.55. The van der Waals surface area contributed by atoms with Crippen molar-refractivity contribution in [2.24, 2.45) is 0 Å². The van der Waals surface area contributed by atoms with Crippen molar-refractivity contribution < 1.29 is 14.3 Å². The minimum absolute atomic E-state index is 0.219. The molecule has 0 bridgehead atoms. The Bertz CT molecular complexity index is 421. The Balaban J connectivity index is 1.99. The van der Waals surface area contributed by atoms with Gasteiger partial charge >= 0.3 is 0 Å². The Hall–Kier alpha value is -0.620. The molecule has 1 fully saturated rings. The van der Waals surface area contributed by atoms with Crippen molar-refractivity contribution in [3.8, 4) is 0 Å². The van der Waals surface area contributed by atoms with E-state index in [-0.39, 0.29) is 12.5 Å². The summed E-state index contributed by atoms with van der Waals surface area (Å²) in [5, 5.41) is 3.28. The van der Waals surface area contributed by atoms with Crippen LogP contribution in [0, 0.1) is 0 Å². The highest BCUT2D eigenvalue weighted by Crippen LogP contribution is 2.25. The molecule has 0 spiro atoms. The summed E-state index contributed by atoms with van der Waals surface area (Å²) < 4.78 is 11.2. The molecule has 6 heteroatoms. The molecular weight excluding hydrogens is 309 g/mol. The summed E-state index contributed by atoms with van der Waals surface area (Å²) in [5.74, 6) is -0.219. The molecule has 0 aliphatic carbocycles. The van der Waals surface area contributed by atoms with Crippen LogP contribution in [0.2, 0.25) is 5.02 Å². The molecule has 1 aromatic carbocycles. The summed E-state index contributed by atoms with van der Waals surface area (Å²) >= 11 is 9.21. The van der Waals surface area contributed by atoms with Crippen molar-refractivity contribution >= 4 is 39.1 Å². The first-order chi connectivity index (χ1) is 8.16. The number of amides is 1. The zero-order valence-electron chi connectivity index (χ0n) is 8.91. The molecular formula is C11H11BrClNO3. The van der Waals surface area contributed by atoms with Gasteiger partial charge in [-0.2, -0.15) is 0 Å². The summed E-state index contributed by atoms with van der Waals surface area (Å²) in [6, 6.07) is 5.21. The fraction of sp³-hybridized carbons (Fsp3) is 0.364. The van der Waals surface area contributed by atoms with Crippen LogP contribution in [0.5, 0.6) is 0 Å². The zero-order chi connectivity index (χ0) is 12.3. The van der Waals surface area contributed by atoms with Crippen molar-refractivity contribution in [3.63, 3.8) is 0 Å². The lowest BCUT2D eigenvalue weighted by molar-refractivity contribution is -0.142. The zero-order valence-corrected chi connectivity index (χ0v) is 11.3. The van der Waals surface area contributed by atoms with Gasteiger partial charge in [0.2, 0.25) is 0 Å². The van der Waals surface area contributed by atoms with Crippen LogP contribution in [0.3, 0.4) is 0 Å². The first kappa shape index (κ1) is 12.8. The maximum absolute atomic E-state index is 11.8. The van der Waals surface area contributed by atoms with Gasteiger partial charge in [-0.15, -0.1) is 0 Å². The number of carbonyl (C=O) groups is 1. The smallest absolute Gasteiger partial charge is 0.255 e. The monoisotopic (exact) mass is 319 g/mol. The number of halogens is 2. The molecule has 92 valence electrons. The largest absolute Gasteiger partial charge is 0.376 e. The second-order valence-corrected chi connectivity index (χ2v) is 4.81. The van der Waals surface area contributed by atoms with E-state index < -0.39 is 6.10 Å². The van der Waals surface area contributed by atoms with E-state index in [0.717, 1.165) is 4.47 Å². The molecule has 1 unspecified atom stereocenters. The van der Waals surface area contributed by atoms with E-state index >= 15 is 0 Å². The summed E-state index contributed by atoms with van der Waals surface area (Å²) in [6.45, 7) is 1.27. The van der Waals surface area contributed by atoms with Gasteiger partial charge in [0.15, 0.2) is 6.10 Å². The molecule has 0 aromatic heterocycles. The number of ether oxygens (including phenoxy) is 2. The number of benzene rings is 1. The van der Waals surface area contributed by atoms with Gasteiger partial charge in [0.25, 0.3) is 5.91 Å². The van der Waals surface area contributed by atoms with Crippen molar-refractivity contribution in [1.82, 2.24) is 0 Å². The van der Waals surface area contributed by atoms with E-state index in [4.69, 9.17) is 21.1 Å². The van der Waals surface area contributed by atoms with Gasteiger partial charge in [-0.3, -0.25) is 4.79 Å². The number of hydrogen-bond donors (Lipinski definition) is 1. The molecule has 1 atom stereocenters.